The first kappa shape index (κ1) is 15.6. The largest absolute Gasteiger partial charge is 0.378 e. The molecule has 118 valence electrons. The van der Waals surface area contributed by atoms with Gasteiger partial charge in [0, 0.05) is 18.5 Å². The molecule has 1 aromatic heterocycles. The first-order valence-electron chi connectivity index (χ1n) is 7.68. The highest BCUT2D eigenvalue weighted by atomic mass is 32.1. The molecule has 0 spiro atoms. The van der Waals surface area contributed by atoms with E-state index in [0.717, 1.165) is 43.6 Å². The summed E-state index contributed by atoms with van der Waals surface area (Å²) in [6, 6.07) is 10.6. The lowest BCUT2D eigenvalue weighted by molar-refractivity contribution is -0.0240. The molecule has 3 rings (SSSR count). The van der Waals surface area contributed by atoms with Crippen molar-refractivity contribution in [2.75, 3.05) is 32.9 Å². The molecule has 22 heavy (non-hydrogen) atoms. The molecule has 0 unspecified atom stereocenters. The number of aromatic nitrogens is 1. The standard InChI is InChI=1S/C17H22N2O2S/c1-14-18-16(13-22-14)17-12-21-10-8-19(17)7-9-20-11-15-5-3-2-4-6-15/h2-6,13,17H,7-12H2,1H3/t17-/m1/s1. The Morgan fingerprint density at radius 1 is 1.36 bits per heavy atom. The van der Waals surface area contributed by atoms with Gasteiger partial charge in [0.2, 0.25) is 0 Å². The number of benzene rings is 1. The van der Waals surface area contributed by atoms with Crippen LogP contribution >= 0.6 is 11.3 Å². The Labute approximate surface area is 135 Å². The van der Waals surface area contributed by atoms with E-state index in [9.17, 15) is 0 Å². The van der Waals surface area contributed by atoms with Gasteiger partial charge in [-0.25, -0.2) is 4.98 Å². The molecule has 0 bridgehead atoms. The van der Waals surface area contributed by atoms with Crippen LogP contribution in [0.2, 0.25) is 0 Å². The smallest absolute Gasteiger partial charge is 0.0898 e. The third kappa shape index (κ3) is 4.14. The molecule has 1 aliphatic rings. The second-order valence-electron chi connectivity index (χ2n) is 5.46. The molecule has 5 heteroatoms. The summed E-state index contributed by atoms with van der Waals surface area (Å²) in [6.07, 6.45) is 0. The molecule has 0 amide bonds. The SMILES string of the molecule is Cc1nc([C@H]2COCCN2CCOCc2ccccc2)cs1. The summed E-state index contributed by atoms with van der Waals surface area (Å²) < 4.78 is 11.4. The summed E-state index contributed by atoms with van der Waals surface area (Å²) in [7, 11) is 0. The molecule has 1 aromatic carbocycles. The highest BCUT2D eigenvalue weighted by molar-refractivity contribution is 7.09. The van der Waals surface area contributed by atoms with E-state index >= 15 is 0 Å². The van der Waals surface area contributed by atoms with E-state index < -0.39 is 0 Å². The molecular weight excluding hydrogens is 296 g/mol. The van der Waals surface area contributed by atoms with E-state index in [1.165, 1.54) is 5.56 Å². The summed E-state index contributed by atoms with van der Waals surface area (Å²) in [5.41, 5.74) is 2.35. The highest BCUT2D eigenvalue weighted by Gasteiger charge is 2.26. The van der Waals surface area contributed by atoms with Crippen LogP contribution in [0.3, 0.4) is 0 Å². The van der Waals surface area contributed by atoms with Crippen LogP contribution in [0, 0.1) is 6.92 Å². The summed E-state index contributed by atoms with van der Waals surface area (Å²) >= 11 is 1.70. The predicted octanol–water partition coefficient (Wildman–Crippen LogP) is 3.04. The summed E-state index contributed by atoms with van der Waals surface area (Å²) in [6.45, 7) is 6.82. The van der Waals surface area contributed by atoms with Gasteiger partial charge in [0.25, 0.3) is 0 Å². The van der Waals surface area contributed by atoms with Crippen molar-refractivity contribution in [1.29, 1.82) is 0 Å². The molecule has 1 aliphatic heterocycles. The lowest BCUT2D eigenvalue weighted by atomic mass is 10.2. The van der Waals surface area contributed by atoms with Gasteiger partial charge in [0.1, 0.15) is 0 Å². The number of hydrogen-bond donors (Lipinski definition) is 0. The number of hydrogen-bond acceptors (Lipinski definition) is 5. The molecule has 1 saturated heterocycles. The topological polar surface area (TPSA) is 34.6 Å². The third-order valence-corrected chi connectivity index (χ3v) is 4.64. The van der Waals surface area contributed by atoms with Crippen molar-refractivity contribution < 1.29 is 9.47 Å². The molecule has 0 N–H and O–H groups in total. The van der Waals surface area contributed by atoms with E-state index in [2.05, 4.69) is 27.4 Å². The van der Waals surface area contributed by atoms with Gasteiger partial charge >= 0.3 is 0 Å². The molecule has 0 radical (unpaired) electrons. The lowest BCUT2D eigenvalue weighted by Crippen LogP contribution is -2.41. The van der Waals surface area contributed by atoms with Crippen molar-refractivity contribution in [2.24, 2.45) is 0 Å². The third-order valence-electron chi connectivity index (χ3n) is 3.85. The van der Waals surface area contributed by atoms with Crippen LogP contribution in [0.1, 0.15) is 22.3 Å². The van der Waals surface area contributed by atoms with Crippen molar-refractivity contribution in [3.63, 3.8) is 0 Å². The summed E-state index contributed by atoms with van der Waals surface area (Å²) in [4.78, 5) is 7.04. The van der Waals surface area contributed by atoms with Gasteiger partial charge in [-0.15, -0.1) is 11.3 Å². The van der Waals surface area contributed by atoms with Gasteiger partial charge in [-0.2, -0.15) is 0 Å². The Morgan fingerprint density at radius 2 is 2.23 bits per heavy atom. The van der Waals surface area contributed by atoms with Crippen LogP contribution in [-0.4, -0.2) is 42.8 Å². The first-order chi connectivity index (χ1) is 10.8. The molecule has 0 saturated carbocycles. The van der Waals surface area contributed by atoms with Crippen LogP contribution in [0.4, 0.5) is 0 Å². The molecule has 1 atom stereocenters. The van der Waals surface area contributed by atoms with Crippen molar-refractivity contribution >= 4 is 11.3 Å². The fourth-order valence-corrected chi connectivity index (χ4v) is 3.32. The second-order valence-corrected chi connectivity index (χ2v) is 6.52. The van der Waals surface area contributed by atoms with Gasteiger partial charge in [-0.05, 0) is 12.5 Å². The molecule has 2 heterocycles. The highest BCUT2D eigenvalue weighted by Crippen LogP contribution is 2.25. The van der Waals surface area contributed by atoms with Crippen molar-refractivity contribution in [1.82, 2.24) is 9.88 Å². The average molecular weight is 318 g/mol. The van der Waals surface area contributed by atoms with Gasteiger partial charge < -0.3 is 9.47 Å². The molecule has 0 aliphatic carbocycles. The van der Waals surface area contributed by atoms with Crippen LogP contribution in [0.25, 0.3) is 0 Å². The van der Waals surface area contributed by atoms with Crippen molar-refractivity contribution in [3.05, 3.63) is 52.0 Å². The van der Waals surface area contributed by atoms with Crippen LogP contribution in [-0.2, 0) is 16.1 Å². The zero-order chi connectivity index (χ0) is 15.2. The molecule has 4 nitrogen and oxygen atoms in total. The molecular formula is C17H22N2O2S. The Balaban J connectivity index is 1.49. The quantitative estimate of drug-likeness (QED) is 0.767. The monoisotopic (exact) mass is 318 g/mol. The minimum atomic E-state index is 0.263. The first-order valence-corrected chi connectivity index (χ1v) is 8.56. The fraction of sp³-hybridized carbons (Fsp3) is 0.471. The van der Waals surface area contributed by atoms with Gasteiger partial charge in [-0.1, -0.05) is 30.3 Å². The fourth-order valence-electron chi connectivity index (χ4n) is 2.66. The normalized spacial score (nSPS) is 19.4. The van der Waals surface area contributed by atoms with E-state index in [1.807, 2.05) is 25.1 Å². The van der Waals surface area contributed by atoms with Crippen LogP contribution < -0.4 is 0 Å². The minimum absolute atomic E-state index is 0.263. The number of morpholine rings is 1. The number of thiazole rings is 1. The second kappa shape index (κ2) is 7.83. The number of rotatable bonds is 6. The Kier molecular flexibility index (Phi) is 5.56. The van der Waals surface area contributed by atoms with Crippen LogP contribution in [0.15, 0.2) is 35.7 Å². The zero-order valence-electron chi connectivity index (χ0n) is 12.9. The van der Waals surface area contributed by atoms with Crippen LogP contribution in [0.5, 0.6) is 0 Å². The van der Waals surface area contributed by atoms with Crippen molar-refractivity contribution in [2.45, 2.75) is 19.6 Å². The van der Waals surface area contributed by atoms with Gasteiger partial charge in [0.15, 0.2) is 0 Å². The Hall–Kier alpha value is -1.27. The number of nitrogens with zero attached hydrogens (tertiary/aromatic N) is 2. The maximum Gasteiger partial charge on any atom is 0.0898 e. The van der Waals surface area contributed by atoms with Gasteiger partial charge in [-0.3, -0.25) is 4.90 Å². The van der Waals surface area contributed by atoms with E-state index in [0.29, 0.717) is 6.61 Å². The maximum absolute atomic E-state index is 5.81. The lowest BCUT2D eigenvalue weighted by Gasteiger charge is -2.34. The minimum Gasteiger partial charge on any atom is -0.378 e. The summed E-state index contributed by atoms with van der Waals surface area (Å²) in [5.74, 6) is 0. The van der Waals surface area contributed by atoms with Gasteiger partial charge in [0.05, 0.1) is 43.2 Å². The molecule has 1 fully saturated rings. The van der Waals surface area contributed by atoms with E-state index in [4.69, 9.17) is 9.47 Å². The molecule has 2 aromatic rings. The Bertz CT molecular complexity index is 573. The van der Waals surface area contributed by atoms with E-state index in [1.54, 1.807) is 11.3 Å². The van der Waals surface area contributed by atoms with Crippen molar-refractivity contribution in [3.8, 4) is 0 Å². The Morgan fingerprint density at radius 3 is 3.00 bits per heavy atom. The average Bonchev–Trinajstić information content (AvgIpc) is 2.99. The number of ether oxygens (including phenoxy) is 2. The summed E-state index contributed by atoms with van der Waals surface area (Å²) in [5, 5.41) is 3.26. The van der Waals surface area contributed by atoms with E-state index in [-0.39, 0.29) is 6.04 Å². The zero-order valence-corrected chi connectivity index (χ0v) is 13.7. The predicted molar refractivity (Wildman–Crippen MR) is 88.1 cm³/mol. The number of aryl methyl sites for hydroxylation is 1. The maximum atomic E-state index is 5.81.